The number of amides is 1. The number of halogens is 1. The van der Waals surface area contributed by atoms with E-state index < -0.39 is 10.0 Å². The Balaban J connectivity index is 2.11. The van der Waals surface area contributed by atoms with Crippen LogP contribution in [-0.4, -0.2) is 27.1 Å². The van der Waals surface area contributed by atoms with Crippen molar-refractivity contribution >= 4 is 33.2 Å². The smallest absolute Gasteiger partial charge is 0.251 e. The molecule has 1 N–H and O–H groups in total. The summed E-state index contributed by atoms with van der Waals surface area (Å²) in [6.07, 6.45) is 5.68. The van der Waals surface area contributed by atoms with Gasteiger partial charge in [0.25, 0.3) is 5.91 Å². The third-order valence-corrected chi connectivity index (χ3v) is 7.08. The molecule has 31 heavy (non-hydrogen) atoms. The molecule has 5 nitrogen and oxygen atoms in total. The number of unbranched alkanes of at least 4 members (excludes halogenated alkanes) is 1. The van der Waals surface area contributed by atoms with E-state index in [0.717, 1.165) is 24.8 Å². The van der Waals surface area contributed by atoms with E-state index in [-0.39, 0.29) is 12.5 Å². The zero-order chi connectivity index (χ0) is 23.0. The van der Waals surface area contributed by atoms with Gasteiger partial charge in [-0.15, -0.1) is 0 Å². The largest absolute Gasteiger partial charge is 0.352 e. The van der Waals surface area contributed by atoms with Gasteiger partial charge >= 0.3 is 0 Å². The molecule has 0 aliphatic rings. The number of carbonyl (C=O) groups excluding carboxylic acids is 1. The molecule has 0 saturated heterocycles. The van der Waals surface area contributed by atoms with E-state index in [1.54, 1.807) is 49.4 Å². The molecule has 0 fully saturated rings. The molecule has 0 radical (unpaired) electrons. The third kappa shape index (κ3) is 7.25. The predicted molar refractivity (Wildman–Crippen MR) is 129 cm³/mol. The van der Waals surface area contributed by atoms with Crippen LogP contribution in [0.4, 0.5) is 5.69 Å². The molecule has 1 atom stereocenters. The lowest BCUT2D eigenvalue weighted by atomic mass is 9.99. The van der Waals surface area contributed by atoms with Crippen molar-refractivity contribution < 1.29 is 13.2 Å². The number of carbonyl (C=O) groups is 1. The SMILES string of the molecule is CCCC[C@H](CC)CNC(=O)c1ccc(CN(c2cccc(Cl)c2C)S(C)(=O)=O)cc1. The molecule has 0 spiro atoms. The van der Waals surface area contributed by atoms with E-state index in [9.17, 15) is 13.2 Å². The lowest BCUT2D eigenvalue weighted by molar-refractivity contribution is 0.0946. The topological polar surface area (TPSA) is 66.5 Å². The zero-order valence-electron chi connectivity index (χ0n) is 18.8. The number of rotatable bonds is 11. The van der Waals surface area contributed by atoms with Gasteiger partial charge in [-0.1, -0.05) is 62.9 Å². The van der Waals surface area contributed by atoms with Crippen LogP contribution in [0.5, 0.6) is 0 Å². The Kier molecular flexibility index (Phi) is 9.38. The molecule has 170 valence electrons. The van der Waals surface area contributed by atoms with E-state index in [4.69, 9.17) is 11.6 Å². The lowest BCUT2D eigenvalue weighted by Gasteiger charge is -2.24. The van der Waals surface area contributed by atoms with E-state index in [1.807, 2.05) is 0 Å². The summed E-state index contributed by atoms with van der Waals surface area (Å²) < 4.78 is 26.2. The van der Waals surface area contributed by atoms with Gasteiger partial charge in [0, 0.05) is 17.1 Å². The van der Waals surface area contributed by atoms with Crippen LogP contribution in [-0.2, 0) is 16.6 Å². The number of hydrogen-bond donors (Lipinski definition) is 1. The molecule has 0 aliphatic carbocycles. The predicted octanol–water partition coefficient (Wildman–Crippen LogP) is 5.56. The second kappa shape index (κ2) is 11.5. The molecule has 0 aromatic heterocycles. The van der Waals surface area contributed by atoms with Crippen molar-refractivity contribution in [3.05, 3.63) is 64.2 Å². The van der Waals surface area contributed by atoms with Crippen LogP contribution in [0.1, 0.15) is 61.0 Å². The fraction of sp³-hybridized carbons (Fsp3) is 0.458. The second-order valence-electron chi connectivity index (χ2n) is 7.98. The van der Waals surface area contributed by atoms with Crippen molar-refractivity contribution in [2.45, 2.75) is 53.0 Å². The minimum atomic E-state index is -3.52. The van der Waals surface area contributed by atoms with Gasteiger partial charge in [-0.2, -0.15) is 0 Å². The lowest BCUT2D eigenvalue weighted by Crippen LogP contribution is -2.30. The average molecular weight is 465 g/mol. The first-order valence-corrected chi connectivity index (χ1v) is 13.0. The number of benzene rings is 2. The van der Waals surface area contributed by atoms with Gasteiger partial charge in [0.05, 0.1) is 18.5 Å². The number of nitrogens with zero attached hydrogens (tertiary/aromatic N) is 1. The van der Waals surface area contributed by atoms with Crippen molar-refractivity contribution in [2.75, 3.05) is 17.1 Å². The van der Waals surface area contributed by atoms with Crippen LogP contribution in [0.15, 0.2) is 42.5 Å². The highest BCUT2D eigenvalue weighted by atomic mass is 35.5. The molecule has 7 heteroatoms. The fourth-order valence-corrected chi connectivity index (χ4v) is 4.57. The van der Waals surface area contributed by atoms with Gasteiger partial charge in [-0.3, -0.25) is 9.10 Å². The Labute approximate surface area is 191 Å². The number of anilines is 1. The number of hydrogen-bond acceptors (Lipinski definition) is 3. The highest BCUT2D eigenvalue weighted by molar-refractivity contribution is 7.92. The van der Waals surface area contributed by atoms with Crippen molar-refractivity contribution in [1.29, 1.82) is 0 Å². The molecular formula is C24H33ClN2O3S. The van der Waals surface area contributed by atoms with Crippen LogP contribution < -0.4 is 9.62 Å². The van der Waals surface area contributed by atoms with Gasteiger partial charge in [-0.25, -0.2) is 8.42 Å². The molecule has 2 aromatic carbocycles. The molecule has 0 unspecified atom stereocenters. The van der Waals surface area contributed by atoms with Crippen LogP contribution in [0, 0.1) is 12.8 Å². The second-order valence-corrected chi connectivity index (χ2v) is 10.3. The summed E-state index contributed by atoms with van der Waals surface area (Å²) in [6.45, 7) is 6.96. The Morgan fingerprint density at radius 1 is 1.13 bits per heavy atom. The highest BCUT2D eigenvalue weighted by Gasteiger charge is 2.21. The van der Waals surface area contributed by atoms with Crippen LogP contribution in [0.2, 0.25) is 5.02 Å². The maximum atomic E-state index is 12.5. The molecule has 2 rings (SSSR count). The minimum Gasteiger partial charge on any atom is -0.352 e. The number of nitrogens with one attached hydrogen (secondary N) is 1. The van der Waals surface area contributed by atoms with Crippen LogP contribution in [0.3, 0.4) is 0 Å². The maximum absolute atomic E-state index is 12.5. The normalized spacial score (nSPS) is 12.4. The zero-order valence-corrected chi connectivity index (χ0v) is 20.4. The first-order valence-electron chi connectivity index (χ1n) is 10.8. The van der Waals surface area contributed by atoms with Crippen molar-refractivity contribution in [2.24, 2.45) is 5.92 Å². The van der Waals surface area contributed by atoms with E-state index in [2.05, 4.69) is 19.2 Å². The Hall–Kier alpha value is -2.05. The monoisotopic (exact) mass is 464 g/mol. The quantitative estimate of drug-likeness (QED) is 0.473. The van der Waals surface area contributed by atoms with E-state index >= 15 is 0 Å². The van der Waals surface area contributed by atoms with Gasteiger partial charge in [0.2, 0.25) is 10.0 Å². The molecule has 0 saturated carbocycles. The van der Waals surface area contributed by atoms with Gasteiger partial charge in [0.1, 0.15) is 0 Å². The third-order valence-electron chi connectivity index (χ3n) is 5.55. The average Bonchev–Trinajstić information content (AvgIpc) is 2.74. The summed E-state index contributed by atoms with van der Waals surface area (Å²) in [5.41, 5.74) is 2.61. The van der Waals surface area contributed by atoms with E-state index in [0.29, 0.717) is 34.3 Å². The molecule has 0 heterocycles. The maximum Gasteiger partial charge on any atom is 0.251 e. The highest BCUT2D eigenvalue weighted by Crippen LogP contribution is 2.29. The summed E-state index contributed by atoms with van der Waals surface area (Å²) in [7, 11) is -3.52. The summed E-state index contributed by atoms with van der Waals surface area (Å²) in [5.74, 6) is 0.389. The summed E-state index contributed by atoms with van der Waals surface area (Å²) >= 11 is 6.19. The molecule has 2 aromatic rings. The Morgan fingerprint density at radius 3 is 2.39 bits per heavy atom. The first-order chi connectivity index (χ1) is 14.7. The summed E-state index contributed by atoms with van der Waals surface area (Å²) in [4.78, 5) is 12.5. The van der Waals surface area contributed by atoms with Gasteiger partial charge < -0.3 is 5.32 Å². The fourth-order valence-electron chi connectivity index (χ4n) is 3.46. The Morgan fingerprint density at radius 2 is 1.81 bits per heavy atom. The van der Waals surface area contributed by atoms with Crippen LogP contribution >= 0.6 is 11.6 Å². The molecule has 0 aliphatic heterocycles. The van der Waals surface area contributed by atoms with Crippen molar-refractivity contribution in [3.8, 4) is 0 Å². The van der Waals surface area contributed by atoms with Gasteiger partial charge in [0.15, 0.2) is 0 Å². The number of sulfonamides is 1. The minimum absolute atomic E-state index is 0.104. The van der Waals surface area contributed by atoms with E-state index in [1.165, 1.54) is 17.0 Å². The van der Waals surface area contributed by atoms with Gasteiger partial charge in [-0.05, 0) is 54.7 Å². The van der Waals surface area contributed by atoms with Crippen molar-refractivity contribution in [1.82, 2.24) is 5.32 Å². The van der Waals surface area contributed by atoms with Crippen LogP contribution in [0.25, 0.3) is 0 Å². The summed E-state index contributed by atoms with van der Waals surface area (Å²) in [5, 5.41) is 3.54. The Bertz CT molecular complexity index is 975. The summed E-state index contributed by atoms with van der Waals surface area (Å²) in [6, 6.07) is 12.3. The molecule has 1 amide bonds. The first kappa shape index (κ1) is 25.2. The molecule has 0 bridgehead atoms. The molecular weight excluding hydrogens is 432 g/mol. The van der Waals surface area contributed by atoms with Crippen molar-refractivity contribution in [3.63, 3.8) is 0 Å². The standard InChI is InChI=1S/C24H33ClN2O3S/c1-5-7-9-19(6-2)16-26-24(28)21-14-12-20(13-15-21)17-27(31(4,29)30)23-11-8-10-22(25)18(23)3/h8,10-15,19H,5-7,9,16-17H2,1-4H3,(H,26,28)/t19-/m0/s1.